The van der Waals surface area contributed by atoms with Crippen LogP contribution in [0.1, 0.15) is 40.0 Å². The number of ether oxygens (including phenoxy) is 2. The summed E-state index contributed by atoms with van der Waals surface area (Å²) in [5, 5.41) is 4.37. The first kappa shape index (κ1) is 32.3. The number of aromatic nitrogens is 5. The molecule has 1 unspecified atom stereocenters. The summed E-state index contributed by atoms with van der Waals surface area (Å²) in [6, 6.07) is 1.67. The number of nitrogens with two attached hydrogens (primary N) is 1. The van der Waals surface area contributed by atoms with E-state index in [9.17, 15) is 4.79 Å². The molecule has 15 heteroatoms. The fourth-order valence-corrected chi connectivity index (χ4v) is 7.25. The normalized spacial score (nSPS) is 20.1. The van der Waals surface area contributed by atoms with Crippen LogP contribution in [0.5, 0.6) is 0 Å². The molecule has 3 N–H and O–H groups in total. The highest BCUT2D eigenvalue weighted by Crippen LogP contribution is 2.43. The number of hydrogen-bond acceptors (Lipinski definition) is 13. The molecule has 0 saturated carbocycles. The Bertz CT molecular complexity index is 1490. The Labute approximate surface area is 278 Å². The minimum atomic E-state index is -0.591. The average Bonchev–Trinajstić information content (AvgIpc) is 3.05. The minimum Gasteiger partial charge on any atom is -0.444 e. The standard InChI is InChI=1S/C31H41ClN10O3S/c1-30(2,3)45-29(43)39-23-20-42(28-37-16-21(17-38-28)40-12-14-44-15-13-40)11-7-31(23)5-9-41(10-6-31)24-18-36-25(19-35-24)46-22-4-8-34-27(33)26(22)32/h4,8,16-19,23H,5-7,9-15,20H2,1-3H3,(H2,33,34)(H,39,43). The van der Waals surface area contributed by atoms with Gasteiger partial charge in [0.05, 0.1) is 54.8 Å². The van der Waals surface area contributed by atoms with Gasteiger partial charge in [-0.1, -0.05) is 23.4 Å². The lowest BCUT2D eigenvalue weighted by Gasteiger charge is -2.51. The van der Waals surface area contributed by atoms with E-state index in [1.807, 2.05) is 39.2 Å². The zero-order valence-electron chi connectivity index (χ0n) is 26.5. The van der Waals surface area contributed by atoms with Crippen LogP contribution in [-0.2, 0) is 9.47 Å². The van der Waals surface area contributed by atoms with Gasteiger partial charge in [-0.15, -0.1) is 0 Å². The first-order valence-electron chi connectivity index (χ1n) is 15.6. The lowest BCUT2D eigenvalue weighted by atomic mass is 9.68. The van der Waals surface area contributed by atoms with Crippen LogP contribution in [0.4, 0.5) is 28.1 Å². The van der Waals surface area contributed by atoms with E-state index in [0.717, 1.165) is 73.4 Å². The monoisotopic (exact) mass is 668 g/mol. The quantitative estimate of drug-likeness (QED) is 0.385. The Morgan fingerprint density at radius 2 is 1.67 bits per heavy atom. The number of nitrogen functional groups attached to an aromatic ring is 1. The van der Waals surface area contributed by atoms with Gasteiger partial charge in [0.15, 0.2) is 0 Å². The highest BCUT2D eigenvalue weighted by molar-refractivity contribution is 7.99. The van der Waals surface area contributed by atoms with Gasteiger partial charge in [-0.05, 0) is 51.5 Å². The summed E-state index contributed by atoms with van der Waals surface area (Å²) in [4.78, 5) is 43.3. The topological polar surface area (TPSA) is 148 Å². The second kappa shape index (κ2) is 13.6. The summed E-state index contributed by atoms with van der Waals surface area (Å²) in [6.07, 6.45) is 11.2. The summed E-state index contributed by atoms with van der Waals surface area (Å²) in [5.74, 6) is 1.78. The van der Waals surface area contributed by atoms with Crippen molar-refractivity contribution in [1.29, 1.82) is 0 Å². The molecule has 1 amide bonds. The molecule has 3 fully saturated rings. The van der Waals surface area contributed by atoms with Gasteiger partial charge in [-0.3, -0.25) is 0 Å². The van der Waals surface area contributed by atoms with E-state index in [0.29, 0.717) is 30.7 Å². The predicted molar refractivity (Wildman–Crippen MR) is 179 cm³/mol. The van der Waals surface area contributed by atoms with Crippen molar-refractivity contribution in [2.45, 2.75) is 61.6 Å². The highest BCUT2D eigenvalue weighted by Gasteiger charge is 2.46. The first-order valence-corrected chi connectivity index (χ1v) is 16.8. The SMILES string of the molecule is CC(C)(C)OC(=O)NC1CN(c2ncc(N3CCOCC3)cn2)CCC12CCN(c1cnc(Sc3ccnc(N)c3Cl)cn1)CC2. The summed E-state index contributed by atoms with van der Waals surface area (Å²) < 4.78 is 11.2. The van der Waals surface area contributed by atoms with E-state index in [1.165, 1.54) is 11.8 Å². The Morgan fingerprint density at radius 3 is 2.33 bits per heavy atom. The first-order chi connectivity index (χ1) is 22.1. The molecule has 0 aliphatic carbocycles. The summed E-state index contributed by atoms with van der Waals surface area (Å²) in [6.45, 7) is 11.7. The lowest BCUT2D eigenvalue weighted by molar-refractivity contribution is 0.0378. The second-order valence-corrected chi connectivity index (χ2v) is 14.3. The van der Waals surface area contributed by atoms with E-state index >= 15 is 0 Å². The van der Waals surface area contributed by atoms with Gasteiger partial charge in [0.1, 0.15) is 22.3 Å². The zero-order valence-corrected chi connectivity index (χ0v) is 28.1. The molecule has 0 radical (unpaired) electrons. The van der Waals surface area contributed by atoms with Gasteiger partial charge in [-0.25, -0.2) is 29.7 Å². The van der Waals surface area contributed by atoms with E-state index in [-0.39, 0.29) is 17.3 Å². The molecular formula is C31H41ClN10O3S. The third-order valence-corrected chi connectivity index (χ3v) is 10.3. The number of piperidine rings is 2. The van der Waals surface area contributed by atoms with Crippen molar-refractivity contribution >= 4 is 52.7 Å². The number of carbonyl (C=O) groups excluding carboxylic acids is 1. The number of nitrogens with zero attached hydrogens (tertiary/aromatic N) is 8. The number of amides is 1. The van der Waals surface area contributed by atoms with E-state index < -0.39 is 11.7 Å². The van der Waals surface area contributed by atoms with Crippen molar-refractivity contribution < 1.29 is 14.3 Å². The maximum Gasteiger partial charge on any atom is 0.407 e. The average molecular weight is 669 g/mol. The summed E-state index contributed by atoms with van der Waals surface area (Å²) >= 11 is 7.71. The largest absolute Gasteiger partial charge is 0.444 e. The molecule has 3 aromatic rings. The van der Waals surface area contributed by atoms with Gasteiger partial charge in [0, 0.05) is 50.4 Å². The molecule has 0 bridgehead atoms. The number of morpholine rings is 1. The van der Waals surface area contributed by atoms with Crippen molar-refractivity contribution in [2.75, 3.05) is 72.9 Å². The number of nitrogens with one attached hydrogen (secondary N) is 1. The summed E-state index contributed by atoms with van der Waals surface area (Å²) in [7, 11) is 0. The van der Waals surface area contributed by atoms with Gasteiger partial charge in [0.25, 0.3) is 0 Å². The van der Waals surface area contributed by atoms with Crippen molar-refractivity contribution in [3.8, 4) is 0 Å². The molecular weight excluding hydrogens is 628 g/mol. The smallest absolute Gasteiger partial charge is 0.407 e. The van der Waals surface area contributed by atoms with E-state index in [2.05, 4.69) is 30.0 Å². The number of hydrogen-bond donors (Lipinski definition) is 2. The Kier molecular flexibility index (Phi) is 9.57. The number of pyridine rings is 1. The van der Waals surface area contributed by atoms with Gasteiger partial charge < -0.3 is 35.2 Å². The molecule has 1 spiro atoms. The molecule has 3 aliphatic heterocycles. The minimum absolute atomic E-state index is 0.0983. The van der Waals surface area contributed by atoms with E-state index in [1.54, 1.807) is 18.6 Å². The van der Waals surface area contributed by atoms with Crippen molar-refractivity contribution in [1.82, 2.24) is 30.2 Å². The molecule has 6 heterocycles. The van der Waals surface area contributed by atoms with Crippen LogP contribution in [-0.4, -0.2) is 95.1 Å². The highest BCUT2D eigenvalue weighted by atomic mass is 35.5. The fourth-order valence-electron chi connectivity index (χ4n) is 6.27. The van der Waals surface area contributed by atoms with Gasteiger partial charge in [0.2, 0.25) is 5.95 Å². The summed E-state index contributed by atoms with van der Waals surface area (Å²) in [5.41, 5.74) is 6.15. The number of carbonyl (C=O) groups is 1. The van der Waals surface area contributed by atoms with Crippen LogP contribution in [0, 0.1) is 5.41 Å². The van der Waals surface area contributed by atoms with Gasteiger partial charge in [-0.2, -0.15) is 0 Å². The maximum atomic E-state index is 13.1. The van der Waals surface area contributed by atoms with Crippen LogP contribution in [0.15, 0.2) is 47.0 Å². The van der Waals surface area contributed by atoms with Crippen LogP contribution >= 0.6 is 23.4 Å². The Balaban J connectivity index is 1.12. The Hall–Kier alpha value is -3.62. The maximum absolute atomic E-state index is 13.1. The number of anilines is 4. The molecule has 6 rings (SSSR count). The predicted octanol–water partition coefficient (Wildman–Crippen LogP) is 4.28. The van der Waals surface area contributed by atoms with Crippen LogP contribution in [0.2, 0.25) is 5.02 Å². The van der Waals surface area contributed by atoms with Crippen molar-refractivity contribution in [3.05, 3.63) is 42.1 Å². The third-order valence-electron chi connectivity index (χ3n) is 8.79. The molecule has 3 aromatic heterocycles. The molecule has 0 aromatic carbocycles. The molecule has 46 heavy (non-hydrogen) atoms. The van der Waals surface area contributed by atoms with Gasteiger partial charge >= 0.3 is 6.09 Å². The molecule has 246 valence electrons. The molecule has 3 saturated heterocycles. The lowest BCUT2D eigenvalue weighted by Crippen LogP contribution is -2.62. The van der Waals surface area contributed by atoms with Crippen LogP contribution < -0.4 is 25.8 Å². The molecule has 13 nitrogen and oxygen atoms in total. The fraction of sp³-hybridized carbons (Fsp3) is 0.548. The second-order valence-electron chi connectivity index (χ2n) is 12.9. The number of halogens is 1. The van der Waals surface area contributed by atoms with Crippen molar-refractivity contribution in [3.63, 3.8) is 0 Å². The van der Waals surface area contributed by atoms with Crippen LogP contribution in [0.3, 0.4) is 0 Å². The molecule has 1 atom stereocenters. The molecule has 3 aliphatic rings. The number of alkyl carbamates (subject to hydrolysis) is 1. The van der Waals surface area contributed by atoms with E-state index in [4.69, 9.17) is 41.8 Å². The van der Waals surface area contributed by atoms with Crippen molar-refractivity contribution in [2.24, 2.45) is 5.41 Å². The zero-order chi connectivity index (χ0) is 32.3. The van der Waals surface area contributed by atoms with Crippen LogP contribution in [0.25, 0.3) is 0 Å². The third kappa shape index (κ3) is 7.50. The number of rotatable bonds is 6. The Morgan fingerprint density at radius 1 is 0.978 bits per heavy atom.